The van der Waals surface area contributed by atoms with E-state index >= 15 is 0 Å². The summed E-state index contributed by atoms with van der Waals surface area (Å²) in [5.41, 5.74) is 8.76. The molecule has 2 aromatic heterocycles. The molecule has 0 radical (unpaired) electrons. The van der Waals surface area contributed by atoms with Crippen LogP contribution in [0.4, 0.5) is 0 Å². The number of aromatic nitrogens is 2. The first-order chi connectivity index (χ1) is 7.68. The Morgan fingerprint density at radius 2 is 2.25 bits per heavy atom. The summed E-state index contributed by atoms with van der Waals surface area (Å²) in [4.78, 5) is 4.35. The van der Waals surface area contributed by atoms with Crippen LogP contribution in [0.3, 0.4) is 0 Å². The van der Waals surface area contributed by atoms with Crippen molar-refractivity contribution in [1.29, 1.82) is 0 Å². The van der Waals surface area contributed by atoms with E-state index in [2.05, 4.69) is 27.6 Å². The molecule has 3 rings (SSSR count). The van der Waals surface area contributed by atoms with E-state index in [-0.39, 0.29) is 5.54 Å². The van der Waals surface area contributed by atoms with Crippen LogP contribution in [0.1, 0.15) is 30.8 Å². The van der Waals surface area contributed by atoms with Gasteiger partial charge in [-0.3, -0.25) is 0 Å². The van der Waals surface area contributed by atoms with Crippen LogP contribution in [0.25, 0.3) is 5.52 Å². The first-order valence-corrected chi connectivity index (χ1v) is 5.89. The minimum atomic E-state index is 0.136. The molecule has 16 heavy (non-hydrogen) atoms. The summed E-state index contributed by atoms with van der Waals surface area (Å²) in [6, 6.07) is 6.37. The summed E-state index contributed by atoms with van der Waals surface area (Å²) in [6.45, 7) is 2.05. The number of imidazole rings is 1. The van der Waals surface area contributed by atoms with E-state index in [1.807, 2.05) is 13.1 Å². The summed E-state index contributed by atoms with van der Waals surface area (Å²) in [6.07, 6.45) is 6.43. The molecule has 84 valence electrons. The van der Waals surface area contributed by atoms with Gasteiger partial charge in [0.25, 0.3) is 0 Å². The SMILES string of the molecule is Cc1ncc2cccc(CCC3(N)CC3)n12. The third kappa shape index (κ3) is 1.61. The van der Waals surface area contributed by atoms with Crippen molar-refractivity contribution >= 4 is 5.52 Å². The van der Waals surface area contributed by atoms with Gasteiger partial charge in [0.05, 0.1) is 11.7 Å². The minimum absolute atomic E-state index is 0.136. The number of hydrogen-bond donors (Lipinski definition) is 1. The van der Waals surface area contributed by atoms with Gasteiger partial charge in [-0.1, -0.05) is 6.07 Å². The van der Waals surface area contributed by atoms with E-state index in [0.29, 0.717) is 0 Å². The zero-order valence-electron chi connectivity index (χ0n) is 9.61. The van der Waals surface area contributed by atoms with Crippen LogP contribution in [0.5, 0.6) is 0 Å². The second-order valence-electron chi connectivity index (χ2n) is 4.95. The van der Waals surface area contributed by atoms with Gasteiger partial charge in [0.1, 0.15) is 5.82 Å². The fourth-order valence-electron chi connectivity index (χ4n) is 2.27. The van der Waals surface area contributed by atoms with Crippen molar-refractivity contribution in [2.45, 2.75) is 38.1 Å². The van der Waals surface area contributed by atoms with Crippen LogP contribution in [0.15, 0.2) is 24.4 Å². The van der Waals surface area contributed by atoms with Crippen molar-refractivity contribution in [1.82, 2.24) is 9.38 Å². The van der Waals surface area contributed by atoms with E-state index in [0.717, 1.165) is 18.7 Å². The highest BCUT2D eigenvalue weighted by Crippen LogP contribution is 2.36. The quantitative estimate of drug-likeness (QED) is 0.851. The molecule has 2 heterocycles. The maximum Gasteiger partial charge on any atom is 0.110 e. The van der Waals surface area contributed by atoms with Crippen LogP contribution >= 0.6 is 0 Å². The molecule has 0 unspecified atom stereocenters. The van der Waals surface area contributed by atoms with E-state index in [1.54, 1.807) is 0 Å². The van der Waals surface area contributed by atoms with Gasteiger partial charge in [-0.25, -0.2) is 4.98 Å². The molecule has 3 heteroatoms. The van der Waals surface area contributed by atoms with E-state index in [1.165, 1.54) is 24.1 Å². The predicted octanol–water partition coefficient (Wildman–Crippen LogP) is 2.07. The number of nitrogens with zero attached hydrogens (tertiary/aromatic N) is 2. The molecule has 0 aliphatic heterocycles. The molecule has 1 saturated carbocycles. The molecule has 1 aliphatic rings. The van der Waals surface area contributed by atoms with Gasteiger partial charge >= 0.3 is 0 Å². The van der Waals surface area contributed by atoms with Crippen LogP contribution in [-0.4, -0.2) is 14.9 Å². The highest BCUT2D eigenvalue weighted by atomic mass is 15.0. The van der Waals surface area contributed by atoms with Crippen LogP contribution < -0.4 is 5.73 Å². The number of fused-ring (bicyclic) bond motifs is 1. The van der Waals surface area contributed by atoms with Crippen molar-refractivity contribution in [3.8, 4) is 0 Å². The Hall–Kier alpha value is -1.35. The normalized spacial score (nSPS) is 17.9. The Labute approximate surface area is 95.3 Å². The van der Waals surface area contributed by atoms with Crippen molar-refractivity contribution in [2.24, 2.45) is 5.73 Å². The lowest BCUT2D eigenvalue weighted by atomic mass is 10.1. The Morgan fingerprint density at radius 1 is 1.44 bits per heavy atom. The topological polar surface area (TPSA) is 43.3 Å². The van der Waals surface area contributed by atoms with Gasteiger partial charge in [0.2, 0.25) is 0 Å². The van der Waals surface area contributed by atoms with E-state index in [4.69, 9.17) is 5.73 Å². The Morgan fingerprint density at radius 3 is 3.00 bits per heavy atom. The van der Waals surface area contributed by atoms with Gasteiger partial charge in [-0.2, -0.15) is 0 Å². The molecule has 3 nitrogen and oxygen atoms in total. The van der Waals surface area contributed by atoms with Gasteiger partial charge in [-0.05, 0) is 44.7 Å². The number of nitrogens with two attached hydrogens (primary N) is 1. The number of rotatable bonds is 3. The molecule has 1 fully saturated rings. The predicted molar refractivity (Wildman–Crippen MR) is 64.4 cm³/mol. The zero-order valence-corrected chi connectivity index (χ0v) is 9.61. The van der Waals surface area contributed by atoms with Crippen molar-refractivity contribution in [2.75, 3.05) is 0 Å². The second kappa shape index (κ2) is 3.32. The van der Waals surface area contributed by atoms with Crippen molar-refractivity contribution < 1.29 is 0 Å². The molecule has 0 saturated heterocycles. The summed E-state index contributed by atoms with van der Waals surface area (Å²) >= 11 is 0. The van der Waals surface area contributed by atoms with E-state index < -0.39 is 0 Å². The van der Waals surface area contributed by atoms with Crippen molar-refractivity contribution in [3.63, 3.8) is 0 Å². The average molecular weight is 215 g/mol. The standard InChI is InChI=1S/C13H17N3/c1-10-15-9-12-4-2-3-11(16(10)12)5-6-13(14)7-8-13/h2-4,9H,5-8,14H2,1H3. The molecule has 1 aliphatic carbocycles. The highest BCUT2D eigenvalue weighted by Gasteiger charge is 2.37. The van der Waals surface area contributed by atoms with Crippen LogP contribution in [-0.2, 0) is 6.42 Å². The van der Waals surface area contributed by atoms with Gasteiger partial charge in [0.15, 0.2) is 0 Å². The highest BCUT2D eigenvalue weighted by molar-refractivity contribution is 5.47. The summed E-state index contributed by atoms with van der Waals surface area (Å²) in [5.74, 6) is 1.06. The smallest absolute Gasteiger partial charge is 0.110 e. The lowest BCUT2D eigenvalue weighted by Crippen LogP contribution is -2.22. The second-order valence-corrected chi connectivity index (χ2v) is 4.95. The Bertz CT molecular complexity index is 523. The Balaban J connectivity index is 1.93. The maximum atomic E-state index is 6.13. The molecule has 0 atom stereocenters. The molecule has 2 N–H and O–H groups in total. The van der Waals surface area contributed by atoms with Gasteiger partial charge < -0.3 is 10.1 Å². The lowest BCUT2D eigenvalue weighted by molar-refractivity contribution is 0.600. The first-order valence-electron chi connectivity index (χ1n) is 5.89. The fraction of sp³-hybridized carbons (Fsp3) is 0.462. The minimum Gasteiger partial charge on any atom is -0.325 e. The molecule has 0 aromatic carbocycles. The Kier molecular flexibility index (Phi) is 2.04. The third-order valence-corrected chi connectivity index (χ3v) is 3.58. The molecule has 0 bridgehead atoms. The van der Waals surface area contributed by atoms with Crippen LogP contribution in [0.2, 0.25) is 0 Å². The largest absolute Gasteiger partial charge is 0.325 e. The molecule has 0 amide bonds. The monoisotopic (exact) mass is 215 g/mol. The number of hydrogen-bond acceptors (Lipinski definition) is 2. The summed E-state index contributed by atoms with van der Waals surface area (Å²) in [5, 5.41) is 0. The maximum absolute atomic E-state index is 6.13. The number of pyridine rings is 1. The van der Waals surface area contributed by atoms with Crippen LogP contribution in [0, 0.1) is 6.92 Å². The summed E-state index contributed by atoms with van der Waals surface area (Å²) in [7, 11) is 0. The van der Waals surface area contributed by atoms with E-state index in [9.17, 15) is 0 Å². The molecule has 0 spiro atoms. The molecular formula is C13H17N3. The van der Waals surface area contributed by atoms with Gasteiger partial charge in [-0.15, -0.1) is 0 Å². The fourth-order valence-corrected chi connectivity index (χ4v) is 2.27. The summed E-state index contributed by atoms with van der Waals surface area (Å²) < 4.78 is 2.23. The third-order valence-electron chi connectivity index (χ3n) is 3.58. The number of aryl methyl sites for hydroxylation is 2. The van der Waals surface area contributed by atoms with Crippen molar-refractivity contribution in [3.05, 3.63) is 35.9 Å². The molecular weight excluding hydrogens is 198 g/mol. The average Bonchev–Trinajstić information content (AvgIpc) is 2.90. The first kappa shape index (κ1) is 9.85. The van der Waals surface area contributed by atoms with Gasteiger partial charge in [0, 0.05) is 11.2 Å². The molecule has 2 aromatic rings. The zero-order chi connectivity index (χ0) is 11.2. The lowest BCUT2D eigenvalue weighted by Gasteiger charge is -2.10.